The molecule has 0 fully saturated rings. The van der Waals surface area contributed by atoms with Gasteiger partial charge in [0.05, 0.1) is 0 Å². The third kappa shape index (κ3) is 5.46. The maximum atomic E-state index is 5.66. The molecule has 2 aromatic rings. The SMILES string of the molecule is COCOc1cccc(OCOC)c1CSc1ccc(C)cc1. The van der Waals surface area contributed by atoms with E-state index in [1.807, 2.05) is 18.2 Å². The van der Waals surface area contributed by atoms with Crippen molar-refractivity contribution in [1.29, 1.82) is 0 Å². The Morgan fingerprint density at radius 2 is 1.39 bits per heavy atom. The minimum atomic E-state index is 0.204. The molecule has 124 valence electrons. The number of rotatable bonds is 9. The lowest BCUT2D eigenvalue weighted by molar-refractivity contribution is 0.0450. The standard InChI is InChI=1S/C18H22O4S/c1-14-7-9-15(10-8-14)23-11-16-17(21-12-19-2)5-4-6-18(16)22-13-20-3/h4-10H,11-13H2,1-3H3. The van der Waals surface area contributed by atoms with Gasteiger partial charge in [-0.3, -0.25) is 0 Å². The molecule has 0 saturated carbocycles. The monoisotopic (exact) mass is 334 g/mol. The zero-order valence-electron chi connectivity index (χ0n) is 13.7. The van der Waals surface area contributed by atoms with E-state index in [9.17, 15) is 0 Å². The molecule has 2 aromatic carbocycles. The van der Waals surface area contributed by atoms with Crippen molar-refractivity contribution in [3.05, 3.63) is 53.6 Å². The van der Waals surface area contributed by atoms with Crippen molar-refractivity contribution in [3.63, 3.8) is 0 Å². The molecule has 23 heavy (non-hydrogen) atoms. The second-order valence-corrected chi connectivity index (χ2v) is 5.99. The number of thioether (sulfide) groups is 1. The minimum absolute atomic E-state index is 0.204. The molecule has 2 rings (SSSR count). The zero-order chi connectivity index (χ0) is 16.5. The van der Waals surface area contributed by atoms with Gasteiger partial charge in [-0.15, -0.1) is 11.8 Å². The fourth-order valence-electron chi connectivity index (χ4n) is 1.99. The molecule has 0 spiro atoms. The number of hydrogen-bond acceptors (Lipinski definition) is 5. The van der Waals surface area contributed by atoms with Crippen LogP contribution in [0.1, 0.15) is 11.1 Å². The van der Waals surface area contributed by atoms with E-state index in [-0.39, 0.29) is 13.6 Å². The van der Waals surface area contributed by atoms with E-state index in [1.165, 1.54) is 10.5 Å². The molecular weight excluding hydrogens is 312 g/mol. The second-order valence-electron chi connectivity index (χ2n) is 4.94. The maximum absolute atomic E-state index is 5.66. The summed E-state index contributed by atoms with van der Waals surface area (Å²) in [5, 5.41) is 0. The second kappa shape index (κ2) is 9.45. The number of benzene rings is 2. The molecule has 5 heteroatoms. The van der Waals surface area contributed by atoms with Gasteiger partial charge >= 0.3 is 0 Å². The van der Waals surface area contributed by atoms with E-state index in [0.717, 1.165) is 22.8 Å². The molecule has 4 nitrogen and oxygen atoms in total. The average Bonchev–Trinajstić information content (AvgIpc) is 2.58. The molecule has 0 atom stereocenters. The van der Waals surface area contributed by atoms with E-state index in [1.54, 1.807) is 26.0 Å². The maximum Gasteiger partial charge on any atom is 0.188 e. The van der Waals surface area contributed by atoms with Crippen molar-refractivity contribution in [1.82, 2.24) is 0 Å². The molecule has 0 aliphatic carbocycles. The summed E-state index contributed by atoms with van der Waals surface area (Å²) in [5.41, 5.74) is 2.24. The summed E-state index contributed by atoms with van der Waals surface area (Å²) in [5.74, 6) is 2.27. The summed E-state index contributed by atoms with van der Waals surface area (Å²) >= 11 is 1.74. The highest BCUT2D eigenvalue weighted by atomic mass is 32.2. The first kappa shape index (κ1) is 17.7. The Bertz CT molecular complexity index is 572. The smallest absolute Gasteiger partial charge is 0.188 e. The van der Waals surface area contributed by atoms with Gasteiger partial charge in [-0.05, 0) is 31.2 Å². The number of aryl methyl sites for hydroxylation is 1. The first-order chi connectivity index (χ1) is 11.2. The van der Waals surface area contributed by atoms with Crippen LogP contribution in [0.25, 0.3) is 0 Å². The highest BCUT2D eigenvalue weighted by Gasteiger charge is 2.12. The van der Waals surface area contributed by atoms with Gasteiger partial charge < -0.3 is 18.9 Å². The number of hydrogen-bond donors (Lipinski definition) is 0. The zero-order valence-corrected chi connectivity index (χ0v) is 14.5. The Kier molecular flexibility index (Phi) is 7.26. The van der Waals surface area contributed by atoms with Crippen molar-refractivity contribution in [2.75, 3.05) is 27.8 Å². The molecule has 0 saturated heterocycles. The summed E-state index contributed by atoms with van der Waals surface area (Å²) in [6.07, 6.45) is 0. The Hall–Kier alpha value is -1.69. The van der Waals surface area contributed by atoms with Gasteiger partial charge in [0.2, 0.25) is 0 Å². The summed E-state index contributed by atoms with van der Waals surface area (Å²) in [4.78, 5) is 1.20. The first-order valence-electron chi connectivity index (χ1n) is 7.29. The van der Waals surface area contributed by atoms with Crippen molar-refractivity contribution >= 4 is 11.8 Å². The Balaban J connectivity index is 2.16. The molecule has 0 amide bonds. The van der Waals surface area contributed by atoms with Gasteiger partial charge in [0.1, 0.15) is 11.5 Å². The normalized spacial score (nSPS) is 10.6. The summed E-state index contributed by atoms with van der Waals surface area (Å²) < 4.78 is 21.3. The van der Waals surface area contributed by atoms with Gasteiger partial charge in [-0.25, -0.2) is 0 Å². The van der Waals surface area contributed by atoms with Crippen LogP contribution in [0, 0.1) is 6.92 Å². The quantitative estimate of drug-likeness (QED) is 0.506. The van der Waals surface area contributed by atoms with Crippen LogP contribution in [0.3, 0.4) is 0 Å². The molecule has 0 aromatic heterocycles. The van der Waals surface area contributed by atoms with Crippen LogP contribution in [-0.4, -0.2) is 27.8 Å². The van der Waals surface area contributed by atoms with Crippen molar-refractivity contribution in [3.8, 4) is 11.5 Å². The predicted octanol–water partition coefficient (Wildman–Crippen LogP) is 4.25. The average molecular weight is 334 g/mol. The van der Waals surface area contributed by atoms with Crippen LogP contribution in [0.2, 0.25) is 0 Å². The molecular formula is C18H22O4S. The van der Waals surface area contributed by atoms with E-state index in [0.29, 0.717) is 0 Å². The fourth-order valence-corrected chi connectivity index (χ4v) is 2.92. The van der Waals surface area contributed by atoms with E-state index < -0.39 is 0 Å². The van der Waals surface area contributed by atoms with Crippen LogP contribution >= 0.6 is 11.8 Å². The lowest BCUT2D eigenvalue weighted by atomic mass is 10.2. The lowest BCUT2D eigenvalue weighted by Crippen LogP contribution is -2.05. The Morgan fingerprint density at radius 3 is 1.91 bits per heavy atom. The highest BCUT2D eigenvalue weighted by molar-refractivity contribution is 7.98. The molecule has 0 bridgehead atoms. The van der Waals surface area contributed by atoms with Crippen LogP contribution < -0.4 is 9.47 Å². The largest absolute Gasteiger partial charge is 0.467 e. The summed E-state index contributed by atoms with van der Waals surface area (Å²) in [6.45, 7) is 2.49. The molecule has 0 unspecified atom stereocenters. The van der Waals surface area contributed by atoms with Crippen molar-refractivity contribution in [2.45, 2.75) is 17.6 Å². The van der Waals surface area contributed by atoms with Gasteiger partial charge in [-0.1, -0.05) is 23.8 Å². The molecule has 0 aliphatic heterocycles. The summed E-state index contributed by atoms with van der Waals surface area (Å²) in [6, 6.07) is 14.2. The molecule has 0 N–H and O–H groups in total. The van der Waals surface area contributed by atoms with Gasteiger partial charge in [0.25, 0.3) is 0 Å². The topological polar surface area (TPSA) is 36.9 Å². The van der Waals surface area contributed by atoms with Crippen molar-refractivity contribution < 1.29 is 18.9 Å². The van der Waals surface area contributed by atoms with Crippen LogP contribution in [0.4, 0.5) is 0 Å². The Labute approximate surface area is 141 Å². The number of methoxy groups -OCH3 is 2. The molecule has 0 heterocycles. The fraction of sp³-hybridized carbons (Fsp3) is 0.333. The van der Waals surface area contributed by atoms with Gasteiger partial charge in [0.15, 0.2) is 13.6 Å². The van der Waals surface area contributed by atoms with Crippen LogP contribution in [-0.2, 0) is 15.2 Å². The number of ether oxygens (including phenoxy) is 4. The van der Waals surface area contributed by atoms with E-state index >= 15 is 0 Å². The van der Waals surface area contributed by atoms with E-state index in [2.05, 4.69) is 31.2 Å². The van der Waals surface area contributed by atoms with Crippen LogP contribution in [0.15, 0.2) is 47.4 Å². The Morgan fingerprint density at radius 1 is 0.826 bits per heavy atom. The van der Waals surface area contributed by atoms with E-state index in [4.69, 9.17) is 18.9 Å². The minimum Gasteiger partial charge on any atom is -0.467 e. The third-order valence-corrected chi connectivity index (χ3v) is 4.20. The van der Waals surface area contributed by atoms with Crippen LogP contribution in [0.5, 0.6) is 11.5 Å². The first-order valence-corrected chi connectivity index (χ1v) is 8.28. The molecule has 0 aliphatic rings. The van der Waals surface area contributed by atoms with Gasteiger partial charge in [-0.2, -0.15) is 0 Å². The highest BCUT2D eigenvalue weighted by Crippen LogP contribution is 2.34. The van der Waals surface area contributed by atoms with Crippen molar-refractivity contribution in [2.24, 2.45) is 0 Å². The van der Waals surface area contributed by atoms with Gasteiger partial charge in [0, 0.05) is 30.4 Å². The molecule has 0 radical (unpaired) electrons. The lowest BCUT2D eigenvalue weighted by Gasteiger charge is -2.15. The summed E-state index contributed by atoms with van der Waals surface area (Å²) in [7, 11) is 3.21. The third-order valence-electron chi connectivity index (χ3n) is 3.16. The predicted molar refractivity (Wildman–Crippen MR) is 92.2 cm³/mol.